The average molecular weight is 227 g/mol. The number of carbonyl (C=O) groups excluding carboxylic acids is 1. The molecule has 1 N–H and O–H groups in total. The molecule has 2 heterocycles. The highest BCUT2D eigenvalue weighted by molar-refractivity contribution is 6.33. The van der Waals surface area contributed by atoms with Crippen LogP contribution in [0.2, 0.25) is 5.02 Å². The summed E-state index contributed by atoms with van der Waals surface area (Å²) in [4.78, 5) is 15.6. The van der Waals surface area contributed by atoms with Crippen molar-refractivity contribution in [3.8, 4) is 0 Å². The molecule has 80 valence electrons. The van der Waals surface area contributed by atoms with Gasteiger partial charge in [-0.05, 0) is 12.5 Å². The van der Waals surface area contributed by atoms with Crippen molar-refractivity contribution in [3.05, 3.63) is 29.0 Å². The third-order valence-electron chi connectivity index (χ3n) is 2.28. The molecule has 0 aliphatic carbocycles. The van der Waals surface area contributed by atoms with Crippen LogP contribution in [0, 0.1) is 0 Å². The molecule has 0 aromatic carbocycles. The zero-order valence-electron chi connectivity index (χ0n) is 8.07. The number of pyridine rings is 1. The molecule has 0 spiro atoms. The summed E-state index contributed by atoms with van der Waals surface area (Å²) in [5.41, 5.74) is 0.408. The number of amides is 1. The first-order chi connectivity index (χ1) is 7.27. The van der Waals surface area contributed by atoms with E-state index in [1.54, 1.807) is 12.3 Å². The van der Waals surface area contributed by atoms with Gasteiger partial charge in [0.25, 0.3) is 5.91 Å². The summed E-state index contributed by atoms with van der Waals surface area (Å²) in [5.74, 6) is -0.191. The van der Waals surface area contributed by atoms with Crippen LogP contribution in [0.3, 0.4) is 0 Å². The topological polar surface area (TPSA) is 51.2 Å². The summed E-state index contributed by atoms with van der Waals surface area (Å²) in [6.45, 7) is 1.27. The van der Waals surface area contributed by atoms with E-state index in [1.807, 2.05) is 0 Å². The van der Waals surface area contributed by atoms with E-state index < -0.39 is 0 Å². The zero-order chi connectivity index (χ0) is 10.7. The minimum absolute atomic E-state index is 0.0915. The standard InChI is InChI=1S/C10H11ClN2O2/c11-9-1-3-12-5-8(9)10(14)13-7-2-4-15-6-7/h1,3,5,7H,2,4,6H2,(H,13,14). The van der Waals surface area contributed by atoms with E-state index in [2.05, 4.69) is 10.3 Å². The Bertz CT molecular complexity index is 364. The van der Waals surface area contributed by atoms with E-state index in [1.165, 1.54) is 6.20 Å². The fraction of sp³-hybridized carbons (Fsp3) is 0.400. The molecule has 5 heteroatoms. The van der Waals surface area contributed by atoms with Gasteiger partial charge in [-0.15, -0.1) is 0 Å². The van der Waals surface area contributed by atoms with Crippen LogP contribution in [0.1, 0.15) is 16.8 Å². The van der Waals surface area contributed by atoms with E-state index in [4.69, 9.17) is 16.3 Å². The highest BCUT2D eigenvalue weighted by atomic mass is 35.5. The Kier molecular flexibility index (Phi) is 3.18. The van der Waals surface area contributed by atoms with Gasteiger partial charge in [0.15, 0.2) is 0 Å². The number of hydrogen-bond acceptors (Lipinski definition) is 3. The molecule has 15 heavy (non-hydrogen) atoms. The van der Waals surface area contributed by atoms with E-state index in [-0.39, 0.29) is 11.9 Å². The molecule has 1 aliphatic heterocycles. The minimum atomic E-state index is -0.191. The molecule has 4 nitrogen and oxygen atoms in total. The molecule has 0 radical (unpaired) electrons. The first-order valence-electron chi connectivity index (χ1n) is 4.75. The van der Waals surface area contributed by atoms with Crippen molar-refractivity contribution < 1.29 is 9.53 Å². The van der Waals surface area contributed by atoms with Crippen molar-refractivity contribution in [2.24, 2.45) is 0 Å². The van der Waals surface area contributed by atoms with Crippen molar-refractivity contribution in [2.75, 3.05) is 13.2 Å². The number of nitrogens with one attached hydrogen (secondary N) is 1. The van der Waals surface area contributed by atoms with E-state index in [0.29, 0.717) is 23.8 Å². The van der Waals surface area contributed by atoms with Gasteiger partial charge in [-0.25, -0.2) is 0 Å². The molecule has 0 saturated carbocycles. The summed E-state index contributed by atoms with van der Waals surface area (Å²) >= 11 is 5.87. The number of carbonyl (C=O) groups is 1. The monoisotopic (exact) mass is 226 g/mol. The molecule has 1 amide bonds. The molecule has 1 aromatic rings. The Labute approximate surface area is 92.6 Å². The van der Waals surface area contributed by atoms with Gasteiger partial charge in [0.05, 0.1) is 23.2 Å². The predicted molar refractivity (Wildman–Crippen MR) is 55.9 cm³/mol. The van der Waals surface area contributed by atoms with Gasteiger partial charge in [0, 0.05) is 19.0 Å². The molecule has 2 rings (SSSR count). The molecule has 1 saturated heterocycles. The van der Waals surface area contributed by atoms with Crippen LogP contribution in [-0.2, 0) is 4.74 Å². The maximum absolute atomic E-state index is 11.7. The smallest absolute Gasteiger partial charge is 0.254 e. The van der Waals surface area contributed by atoms with E-state index in [9.17, 15) is 4.79 Å². The summed E-state index contributed by atoms with van der Waals surface area (Å²) < 4.78 is 5.16. The Morgan fingerprint density at radius 3 is 3.20 bits per heavy atom. The molecule has 0 bridgehead atoms. The first kappa shape index (κ1) is 10.4. The van der Waals surface area contributed by atoms with Crippen LogP contribution in [0.5, 0.6) is 0 Å². The molecule has 1 atom stereocenters. The fourth-order valence-corrected chi connectivity index (χ4v) is 1.65. The van der Waals surface area contributed by atoms with Gasteiger partial charge < -0.3 is 10.1 Å². The highest BCUT2D eigenvalue weighted by Crippen LogP contribution is 2.14. The van der Waals surface area contributed by atoms with Gasteiger partial charge >= 0.3 is 0 Å². The zero-order valence-corrected chi connectivity index (χ0v) is 8.83. The molecule has 1 aliphatic rings. The van der Waals surface area contributed by atoms with Gasteiger partial charge in [0.2, 0.25) is 0 Å². The molecule has 1 unspecified atom stereocenters. The second-order valence-electron chi connectivity index (χ2n) is 3.39. The Hall–Kier alpha value is -1.13. The van der Waals surface area contributed by atoms with Crippen LogP contribution in [0.15, 0.2) is 18.5 Å². The largest absolute Gasteiger partial charge is 0.379 e. The third-order valence-corrected chi connectivity index (χ3v) is 2.61. The summed E-state index contributed by atoms with van der Waals surface area (Å²) in [7, 11) is 0. The summed E-state index contributed by atoms with van der Waals surface area (Å²) in [5, 5.41) is 3.27. The SMILES string of the molecule is O=C(NC1CCOC1)c1cnccc1Cl. The quantitative estimate of drug-likeness (QED) is 0.826. The maximum Gasteiger partial charge on any atom is 0.254 e. The van der Waals surface area contributed by atoms with Crippen molar-refractivity contribution >= 4 is 17.5 Å². The minimum Gasteiger partial charge on any atom is -0.379 e. The summed E-state index contributed by atoms with van der Waals surface area (Å²) in [6.07, 6.45) is 3.87. The average Bonchev–Trinajstić information content (AvgIpc) is 2.71. The number of hydrogen-bond donors (Lipinski definition) is 1. The molecule has 1 aromatic heterocycles. The Morgan fingerprint density at radius 2 is 2.53 bits per heavy atom. The lowest BCUT2D eigenvalue weighted by molar-refractivity contribution is 0.0929. The lowest BCUT2D eigenvalue weighted by Gasteiger charge is -2.10. The molecular formula is C10H11ClN2O2. The Balaban J connectivity index is 2.04. The first-order valence-corrected chi connectivity index (χ1v) is 5.13. The van der Waals surface area contributed by atoms with E-state index in [0.717, 1.165) is 6.42 Å². The van der Waals surface area contributed by atoms with Crippen LogP contribution < -0.4 is 5.32 Å². The number of halogens is 1. The van der Waals surface area contributed by atoms with Gasteiger partial charge in [-0.2, -0.15) is 0 Å². The van der Waals surface area contributed by atoms with Crippen molar-refractivity contribution in [3.63, 3.8) is 0 Å². The van der Waals surface area contributed by atoms with Crippen molar-refractivity contribution in [1.82, 2.24) is 10.3 Å². The number of rotatable bonds is 2. The van der Waals surface area contributed by atoms with Crippen LogP contribution in [0.4, 0.5) is 0 Å². The normalized spacial score (nSPS) is 20.2. The predicted octanol–water partition coefficient (Wildman–Crippen LogP) is 1.25. The van der Waals surface area contributed by atoms with Crippen LogP contribution in [0.25, 0.3) is 0 Å². The van der Waals surface area contributed by atoms with Crippen molar-refractivity contribution in [1.29, 1.82) is 0 Å². The molecular weight excluding hydrogens is 216 g/mol. The fourth-order valence-electron chi connectivity index (χ4n) is 1.46. The summed E-state index contributed by atoms with van der Waals surface area (Å²) in [6, 6.07) is 1.69. The highest BCUT2D eigenvalue weighted by Gasteiger charge is 2.19. The Morgan fingerprint density at radius 1 is 1.67 bits per heavy atom. The number of aromatic nitrogens is 1. The maximum atomic E-state index is 11.7. The third kappa shape index (κ3) is 2.46. The lowest BCUT2D eigenvalue weighted by Crippen LogP contribution is -2.35. The van der Waals surface area contributed by atoms with Gasteiger partial charge in [-0.1, -0.05) is 11.6 Å². The van der Waals surface area contributed by atoms with Gasteiger partial charge in [0.1, 0.15) is 0 Å². The number of nitrogens with zero attached hydrogens (tertiary/aromatic N) is 1. The van der Waals surface area contributed by atoms with Gasteiger partial charge in [-0.3, -0.25) is 9.78 Å². The lowest BCUT2D eigenvalue weighted by atomic mass is 10.2. The number of ether oxygens (including phenoxy) is 1. The molecule has 1 fully saturated rings. The van der Waals surface area contributed by atoms with Crippen LogP contribution >= 0.6 is 11.6 Å². The van der Waals surface area contributed by atoms with E-state index >= 15 is 0 Å². The van der Waals surface area contributed by atoms with Crippen LogP contribution in [-0.4, -0.2) is 30.1 Å². The van der Waals surface area contributed by atoms with Crippen molar-refractivity contribution in [2.45, 2.75) is 12.5 Å². The second-order valence-corrected chi connectivity index (χ2v) is 3.80. The second kappa shape index (κ2) is 4.59.